The van der Waals surface area contributed by atoms with Crippen LogP contribution in [0.15, 0.2) is 18.2 Å². The highest BCUT2D eigenvalue weighted by atomic mass is 16.5. The molecule has 1 aliphatic heterocycles. The number of fused-ring (bicyclic) bond motifs is 1. The second-order valence-electron chi connectivity index (χ2n) is 5.17. The van der Waals surface area contributed by atoms with Gasteiger partial charge in [-0.1, -0.05) is 6.07 Å². The van der Waals surface area contributed by atoms with Gasteiger partial charge in [-0.25, -0.2) is 0 Å². The number of nitrogens with zero attached hydrogens (tertiary/aromatic N) is 1. The fourth-order valence-corrected chi connectivity index (χ4v) is 2.21. The van der Waals surface area contributed by atoms with Crippen molar-refractivity contribution in [1.82, 2.24) is 4.90 Å². The first kappa shape index (κ1) is 14.2. The van der Waals surface area contributed by atoms with Gasteiger partial charge in [0.2, 0.25) is 0 Å². The number of hydrogen-bond donors (Lipinski definition) is 1. The molecule has 0 amide bonds. The zero-order chi connectivity index (χ0) is 13.7. The lowest BCUT2D eigenvalue weighted by Gasteiger charge is -2.24. The monoisotopic (exact) mass is 264 g/mol. The Bertz CT molecular complexity index is 409. The third kappa shape index (κ3) is 3.85. The van der Waals surface area contributed by atoms with Gasteiger partial charge in [0.15, 0.2) is 11.5 Å². The Balaban J connectivity index is 2.03. The summed E-state index contributed by atoms with van der Waals surface area (Å²) in [4.78, 5) is 2.31. The molecule has 106 valence electrons. The molecular weight excluding hydrogens is 240 g/mol. The van der Waals surface area contributed by atoms with Gasteiger partial charge >= 0.3 is 0 Å². The van der Waals surface area contributed by atoms with Gasteiger partial charge in [0.05, 0.1) is 13.2 Å². The summed E-state index contributed by atoms with van der Waals surface area (Å²) in [5.74, 6) is 1.73. The predicted octanol–water partition coefficient (Wildman–Crippen LogP) is 2.02. The normalized spacial score (nSPS) is 16.2. The third-order valence-electron chi connectivity index (χ3n) is 3.58. The summed E-state index contributed by atoms with van der Waals surface area (Å²) in [6, 6.07) is 6.70. The fourth-order valence-electron chi connectivity index (χ4n) is 2.21. The Morgan fingerprint density at radius 1 is 1.26 bits per heavy atom. The summed E-state index contributed by atoms with van der Waals surface area (Å²) in [5.41, 5.74) is 6.85. The summed E-state index contributed by atoms with van der Waals surface area (Å²) in [7, 11) is 2.13. The Morgan fingerprint density at radius 2 is 2.00 bits per heavy atom. The van der Waals surface area contributed by atoms with E-state index in [-0.39, 0.29) is 0 Å². The van der Waals surface area contributed by atoms with Crippen molar-refractivity contribution in [3.63, 3.8) is 0 Å². The van der Waals surface area contributed by atoms with Gasteiger partial charge in [-0.15, -0.1) is 0 Å². The first-order valence-electron chi connectivity index (χ1n) is 6.99. The van der Waals surface area contributed by atoms with Crippen LogP contribution in [0, 0.1) is 0 Å². The summed E-state index contributed by atoms with van der Waals surface area (Å²) in [6.07, 6.45) is 1.96. The van der Waals surface area contributed by atoms with E-state index in [4.69, 9.17) is 15.2 Å². The van der Waals surface area contributed by atoms with Crippen LogP contribution in [0.2, 0.25) is 0 Å². The van der Waals surface area contributed by atoms with Crippen LogP contribution in [0.3, 0.4) is 0 Å². The Kier molecular flexibility index (Phi) is 5.05. The van der Waals surface area contributed by atoms with E-state index in [9.17, 15) is 0 Å². The van der Waals surface area contributed by atoms with Crippen molar-refractivity contribution in [3.8, 4) is 11.5 Å². The van der Waals surface area contributed by atoms with E-state index >= 15 is 0 Å². The molecule has 1 heterocycles. The number of nitrogens with two attached hydrogens (primary N) is 1. The number of ether oxygens (including phenoxy) is 2. The lowest BCUT2D eigenvalue weighted by atomic mass is 10.1. The highest BCUT2D eigenvalue weighted by Crippen LogP contribution is 2.30. The summed E-state index contributed by atoms with van der Waals surface area (Å²) in [5, 5.41) is 0. The Labute approximate surface area is 115 Å². The molecule has 1 aliphatic rings. The van der Waals surface area contributed by atoms with E-state index in [0.717, 1.165) is 50.6 Å². The van der Waals surface area contributed by atoms with Crippen molar-refractivity contribution < 1.29 is 9.47 Å². The molecular formula is C15H24N2O2. The molecule has 2 N–H and O–H groups in total. The standard InChI is InChI=1S/C15H24N2O2/c1-12(6-7-16)17(2)11-13-4-5-14-15(10-13)19-9-3-8-18-14/h4-5,10,12H,3,6-9,11,16H2,1-2H3. The average Bonchev–Trinajstić information content (AvgIpc) is 2.63. The molecule has 0 fully saturated rings. The second kappa shape index (κ2) is 6.78. The van der Waals surface area contributed by atoms with Crippen LogP contribution in [-0.4, -0.2) is 37.7 Å². The van der Waals surface area contributed by atoms with Gasteiger partial charge in [-0.2, -0.15) is 0 Å². The summed E-state index contributed by atoms with van der Waals surface area (Å²) in [6.45, 7) is 5.30. The summed E-state index contributed by atoms with van der Waals surface area (Å²) >= 11 is 0. The molecule has 1 aromatic rings. The molecule has 0 saturated heterocycles. The van der Waals surface area contributed by atoms with E-state index in [2.05, 4.69) is 31.0 Å². The Hall–Kier alpha value is -1.26. The molecule has 19 heavy (non-hydrogen) atoms. The van der Waals surface area contributed by atoms with Crippen LogP contribution in [0.1, 0.15) is 25.3 Å². The fraction of sp³-hybridized carbons (Fsp3) is 0.600. The topological polar surface area (TPSA) is 47.7 Å². The Morgan fingerprint density at radius 3 is 2.74 bits per heavy atom. The van der Waals surface area contributed by atoms with Crippen LogP contribution >= 0.6 is 0 Å². The molecule has 1 atom stereocenters. The van der Waals surface area contributed by atoms with Gasteiger partial charge < -0.3 is 15.2 Å². The number of hydrogen-bond acceptors (Lipinski definition) is 4. The van der Waals surface area contributed by atoms with E-state index < -0.39 is 0 Å². The maximum absolute atomic E-state index is 5.72. The van der Waals surface area contributed by atoms with Gasteiger partial charge in [0.25, 0.3) is 0 Å². The van der Waals surface area contributed by atoms with Gasteiger partial charge in [-0.3, -0.25) is 4.90 Å². The van der Waals surface area contributed by atoms with Crippen LogP contribution in [0.4, 0.5) is 0 Å². The SMILES string of the molecule is CC(CCN)N(C)Cc1ccc2c(c1)OCCCO2. The zero-order valence-electron chi connectivity index (χ0n) is 11.9. The smallest absolute Gasteiger partial charge is 0.161 e. The predicted molar refractivity (Wildman–Crippen MR) is 76.6 cm³/mol. The maximum Gasteiger partial charge on any atom is 0.161 e. The molecule has 0 aromatic heterocycles. The van der Waals surface area contributed by atoms with Gasteiger partial charge in [-0.05, 0) is 44.6 Å². The molecule has 2 rings (SSSR count). The highest BCUT2D eigenvalue weighted by molar-refractivity contribution is 5.43. The quantitative estimate of drug-likeness (QED) is 0.884. The van der Waals surface area contributed by atoms with Crippen molar-refractivity contribution in [1.29, 1.82) is 0 Å². The van der Waals surface area contributed by atoms with Crippen molar-refractivity contribution >= 4 is 0 Å². The average molecular weight is 264 g/mol. The lowest BCUT2D eigenvalue weighted by Crippen LogP contribution is -2.30. The molecule has 0 radical (unpaired) electrons. The van der Waals surface area contributed by atoms with E-state index in [0.29, 0.717) is 6.04 Å². The number of rotatable bonds is 5. The van der Waals surface area contributed by atoms with Crippen LogP contribution in [-0.2, 0) is 6.54 Å². The molecule has 4 nitrogen and oxygen atoms in total. The van der Waals surface area contributed by atoms with Crippen molar-refractivity contribution in [3.05, 3.63) is 23.8 Å². The molecule has 0 saturated carbocycles. The van der Waals surface area contributed by atoms with Crippen LogP contribution < -0.4 is 15.2 Å². The minimum Gasteiger partial charge on any atom is -0.490 e. The van der Waals surface area contributed by atoms with Crippen molar-refractivity contribution in [2.45, 2.75) is 32.4 Å². The zero-order valence-corrected chi connectivity index (χ0v) is 11.9. The molecule has 1 aromatic carbocycles. The molecule has 4 heteroatoms. The van der Waals surface area contributed by atoms with Gasteiger partial charge in [0.1, 0.15) is 0 Å². The maximum atomic E-state index is 5.72. The van der Waals surface area contributed by atoms with Crippen molar-refractivity contribution in [2.24, 2.45) is 5.73 Å². The first-order valence-corrected chi connectivity index (χ1v) is 6.99. The van der Waals surface area contributed by atoms with Crippen molar-refractivity contribution in [2.75, 3.05) is 26.8 Å². The minimum absolute atomic E-state index is 0.487. The minimum atomic E-state index is 0.487. The first-order chi connectivity index (χ1) is 9.20. The highest BCUT2D eigenvalue weighted by Gasteiger charge is 2.13. The molecule has 0 bridgehead atoms. The van der Waals surface area contributed by atoms with E-state index in [1.165, 1.54) is 5.56 Å². The molecule has 0 aliphatic carbocycles. The lowest BCUT2D eigenvalue weighted by molar-refractivity contribution is 0.240. The largest absolute Gasteiger partial charge is 0.490 e. The molecule has 1 unspecified atom stereocenters. The third-order valence-corrected chi connectivity index (χ3v) is 3.58. The molecule has 0 spiro atoms. The van der Waals surface area contributed by atoms with Crippen LogP contribution in [0.5, 0.6) is 11.5 Å². The van der Waals surface area contributed by atoms with Gasteiger partial charge in [0, 0.05) is 19.0 Å². The summed E-state index contributed by atoms with van der Waals surface area (Å²) < 4.78 is 11.4. The van der Waals surface area contributed by atoms with E-state index in [1.807, 2.05) is 6.07 Å². The second-order valence-corrected chi connectivity index (χ2v) is 5.17. The number of benzene rings is 1. The van der Waals surface area contributed by atoms with E-state index in [1.54, 1.807) is 0 Å². The van der Waals surface area contributed by atoms with Crippen LogP contribution in [0.25, 0.3) is 0 Å².